The second-order valence-corrected chi connectivity index (χ2v) is 4.98. The Balaban J connectivity index is 1.96. The van der Waals surface area contributed by atoms with Crippen LogP contribution in [-0.2, 0) is 6.54 Å². The van der Waals surface area contributed by atoms with Gasteiger partial charge in [0, 0.05) is 19.0 Å². The Kier molecular flexibility index (Phi) is 4.95. The zero-order chi connectivity index (χ0) is 15.4. The van der Waals surface area contributed by atoms with Crippen LogP contribution in [0.4, 0.5) is 13.6 Å². The van der Waals surface area contributed by atoms with Gasteiger partial charge in [0.25, 0.3) is 0 Å². The van der Waals surface area contributed by atoms with Gasteiger partial charge in [-0.1, -0.05) is 0 Å². The molecule has 0 bridgehead atoms. The third-order valence-electron chi connectivity index (χ3n) is 3.45. The van der Waals surface area contributed by atoms with Crippen molar-refractivity contribution in [2.45, 2.75) is 25.2 Å². The minimum atomic E-state index is -1.12. The van der Waals surface area contributed by atoms with Gasteiger partial charge in [-0.25, -0.2) is 13.6 Å². The second kappa shape index (κ2) is 6.71. The van der Waals surface area contributed by atoms with Crippen LogP contribution in [0.2, 0.25) is 0 Å². The molecule has 0 radical (unpaired) electrons. The molecule has 21 heavy (non-hydrogen) atoms. The largest absolute Gasteiger partial charge is 0.497 e. The number of benzene rings is 1. The lowest BCUT2D eigenvalue weighted by atomic mass is 10.2. The molecule has 2 unspecified atom stereocenters. The van der Waals surface area contributed by atoms with Gasteiger partial charge in [0.15, 0.2) is 0 Å². The van der Waals surface area contributed by atoms with E-state index in [2.05, 4.69) is 5.32 Å². The number of nitrogens with one attached hydrogen (secondary N) is 1. The first-order valence-electron chi connectivity index (χ1n) is 6.66. The number of methoxy groups -OCH3 is 1. The van der Waals surface area contributed by atoms with Crippen LogP contribution in [0.1, 0.15) is 12.0 Å². The minimum Gasteiger partial charge on any atom is -0.497 e. The number of carbonyl (C=O) groups is 1. The maximum absolute atomic E-state index is 13.3. The number of halogens is 2. The molecule has 0 spiro atoms. The normalized spacial score (nSPS) is 21.4. The van der Waals surface area contributed by atoms with E-state index in [0.717, 1.165) is 0 Å². The van der Waals surface area contributed by atoms with Gasteiger partial charge in [-0.2, -0.15) is 0 Å². The van der Waals surface area contributed by atoms with Crippen LogP contribution in [0.25, 0.3) is 0 Å². The van der Waals surface area contributed by atoms with E-state index in [4.69, 9.17) is 9.84 Å². The van der Waals surface area contributed by atoms with Crippen molar-refractivity contribution in [1.82, 2.24) is 10.2 Å². The highest BCUT2D eigenvalue weighted by Crippen LogP contribution is 2.20. The van der Waals surface area contributed by atoms with Gasteiger partial charge in [-0.15, -0.1) is 0 Å². The molecule has 1 aliphatic rings. The van der Waals surface area contributed by atoms with Crippen LogP contribution < -0.4 is 10.1 Å². The molecule has 116 valence electrons. The number of nitrogens with zero attached hydrogens (tertiary/aromatic N) is 1. The first kappa shape index (κ1) is 15.5. The molecule has 0 saturated carbocycles. The van der Waals surface area contributed by atoms with E-state index in [1.54, 1.807) is 6.07 Å². The molecule has 1 fully saturated rings. The summed E-state index contributed by atoms with van der Waals surface area (Å²) in [4.78, 5) is 13.3. The maximum Gasteiger partial charge on any atom is 0.318 e. The van der Waals surface area contributed by atoms with E-state index >= 15 is 0 Å². The van der Waals surface area contributed by atoms with Crippen molar-refractivity contribution in [2.75, 3.05) is 20.3 Å². The van der Waals surface area contributed by atoms with Gasteiger partial charge >= 0.3 is 6.03 Å². The van der Waals surface area contributed by atoms with E-state index in [0.29, 0.717) is 11.3 Å². The second-order valence-electron chi connectivity index (χ2n) is 4.98. The summed E-state index contributed by atoms with van der Waals surface area (Å²) in [7, 11) is 1.43. The molecule has 7 heteroatoms. The first-order valence-corrected chi connectivity index (χ1v) is 6.66. The number of rotatable bonds is 4. The minimum absolute atomic E-state index is 0.0382. The molecule has 1 aromatic rings. The standard InChI is InChI=1S/C14H18F2N2O3/c1-21-13-3-9(2-10(15)5-13)6-17-14(20)18-7-11(16)4-12(18)8-19/h2-3,5,11-12,19H,4,6-8H2,1H3,(H,17,20). The summed E-state index contributed by atoms with van der Waals surface area (Å²) >= 11 is 0. The molecule has 1 heterocycles. The van der Waals surface area contributed by atoms with Crippen molar-refractivity contribution >= 4 is 6.03 Å². The zero-order valence-electron chi connectivity index (χ0n) is 11.7. The van der Waals surface area contributed by atoms with E-state index in [1.165, 1.54) is 24.1 Å². The number of alkyl halides is 1. The lowest BCUT2D eigenvalue weighted by Gasteiger charge is -2.23. The third kappa shape index (κ3) is 3.81. The third-order valence-corrected chi connectivity index (χ3v) is 3.45. The number of aliphatic hydroxyl groups excluding tert-OH is 1. The Morgan fingerprint density at radius 2 is 2.29 bits per heavy atom. The van der Waals surface area contributed by atoms with Crippen LogP contribution in [0.5, 0.6) is 5.75 Å². The zero-order valence-corrected chi connectivity index (χ0v) is 11.7. The molecule has 1 aromatic carbocycles. The topological polar surface area (TPSA) is 61.8 Å². The fourth-order valence-electron chi connectivity index (χ4n) is 2.40. The molecular weight excluding hydrogens is 282 g/mol. The molecule has 2 atom stereocenters. The Bertz CT molecular complexity index is 513. The van der Waals surface area contributed by atoms with Gasteiger partial charge in [0.05, 0.1) is 26.3 Å². The summed E-state index contributed by atoms with van der Waals surface area (Å²) < 4.78 is 31.6. The van der Waals surface area contributed by atoms with Gasteiger partial charge < -0.3 is 20.1 Å². The van der Waals surface area contributed by atoms with E-state index < -0.39 is 24.1 Å². The predicted molar refractivity (Wildman–Crippen MR) is 72.3 cm³/mol. The molecule has 0 aliphatic carbocycles. The van der Waals surface area contributed by atoms with Gasteiger partial charge in [-0.3, -0.25) is 0 Å². The summed E-state index contributed by atoms with van der Waals surface area (Å²) in [6.45, 7) is -0.219. The Labute approximate surface area is 121 Å². The Hall–Kier alpha value is -1.89. The summed E-state index contributed by atoms with van der Waals surface area (Å²) in [5, 5.41) is 11.7. The SMILES string of the molecule is COc1cc(F)cc(CNC(=O)N2CC(F)CC2CO)c1. The molecule has 1 aliphatic heterocycles. The summed E-state index contributed by atoms with van der Waals surface area (Å²) in [5.74, 6) is -0.102. The van der Waals surface area contributed by atoms with Gasteiger partial charge in [0.2, 0.25) is 0 Å². The van der Waals surface area contributed by atoms with E-state index in [1.807, 2.05) is 0 Å². The lowest BCUT2D eigenvalue weighted by molar-refractivity contribution is 0.156. The van der Waals surface area contributed by atoms with E-state index in [9.17, 15) is 13.6 Å². The van der Waals surface area contributed by atoms with Crippen LogP contribution >= 0.6 is 0 Å². The summed E-state index contributed by atoms with van der Waals surface area (Å²) in [6, 6.07) is 3.14. The van der Waals surface area contributed by atoms with Crippen molar-refractivity contribution < 1.29 is 23.4 Å². The number of hydrogen-bond acceptors (Lipinski definition) is 3. The number of amides is 2. The van der Waals surface area contributed by atoms with Crippen molar-refractivity contribution in [3.8, 4) is 5.75 Å². The first-order chi connectivity index (χ1) is 10.0. The molecule has 5 nitrogen and oxygen atoms in total. The van der Waals surface area contributed by atoms with Crippen molar-refractivity contribution in [3.05, 3.63) is 29.6 Å². The van der Waals surface area contributed by atoms with Crippen molar-refractivity contribution in [3.63, 3.8) is 0 Å². The number of aliphatic hydroxyl groups is 1. The molecule has 1 saturated heterocycles. The molecule has 2 N–H and O–H groups in total. The number of hydrogen-bond donors (Lipinski definition) is 2. The van der Waals surface area contributed by atoms with Crippen LogP contribution in [0.3, 0.4) is 0 Å². The smallest absolute Gasteiger partial charge is 0.318 e. The highest BCUT2D eigenvalue weighted by molar-refractivity contribution is 5.75. The molecular formula is C14H18F2N2O3. The van der Waals surface area contributed by atoms with E-state index in [-0.39, 0.29) is 26.1 Å². The van der Waals surface area contributed by atoms with Crippen molar-refractivity contribution in [1.29, 1.82) is 0 Å². The number of ether oxygens (including phenoxy) is 1. The fraction of sp³-hybridized carbons (Fsp3) is 0.500. The maximum atomic E-state index is 13.3. The highest BCUT2D eigenvalue weighted by Gasteiger charge is 2.34. The molecule has 2 amide bonds. The summed E-state index contributed by atoms with van der Waals surface area (Å²) in [5.41, 5.74) is 0.539. The fourth-order valence-corrected chi connectivity index (χ4v) is 2.40. The number of carbonyl (C=O) groups excluding carboxylic acids is 1. The van der Waals surface area contributed by atoms with Crippen LogP contribution in [0, 0.1) is 5.82 Å². The van der Waals surface area contributed by atoms with Gasteiger partial charge in [-0.05, 0) is 17.7 Å². The Morgan fingerprint density at radius 1 is 1.52 bits per heavy atom. The monoisotopic (exact) mass is 300 g/mol. The van der Waals surface area contributed by atoms with Crippen molar-refractivity contribution in [2.24, 2.45) is 0 Å². The Morgan fingerprint density at radius 3 is 2.95 bits per heavy atom. The lowest BCUT2D eigenvalue weighted by Crippen LogP contribution is -2.44. The quantitative estimate of drug-likeness (QED) is 0.884. The average molecular weight is 300 g/mol. The summed E-state index contributed by atoms with van der Waals surface area (Å²) in [6.07, 6.45) is -0.986. The molecule has 2 rings (SSSR count). The highest BCUT2D eigenvalue weighted by atomic mass is 19.1. The number of likely N-dealkylation sites (tertiary alicyclic amines) is 1. The molecule has 0 aromatic heterocycles. The number of urea groups is 1. The van der Waals surface area contributed by atoms with Crippen LogP contribution in [0.15, 0.2) is 18.2 Å². The predicted octanol–water partition coefficient (Wildman–Crippen LogP) is 1.45. The average Bonchev–Trinajstić information content (AvgIpc) is 2.85. The van der Waals surface area contributed by atoms with Crippen LogP contribution in [-0.4, -0.2) is 48.5 Å². The van der Waals surface area contributed by atoms with Gasteiger partial charge in [0.1, 0.15) is 17.7 Å².